The zero-order chi connectivity index (χ0) is 19.5. The maximum Gasteiger partial charge on any atom is 0.272 e. The number of H-pyrrole nitrogens is 1. The van der Waals surface area contributed by atoms with Gasteiger partial charge >= 0.3 is 0 Å². The lowest BCUT2D eigenvalue weighted by Gasteiger charge is -2.16. The number of likely N-dealkylation sites (tertiary alicyclic amines) is 1. The van der Waals surface area contributed by atoms with E-state index in [9.17, 15) is 4.79 Å². The number of amides is 1. The molecular weight excluding hydrogens is 356 g/mol. The summed E-state index contributed by atoms with van der Waals surface area (Å²) in [4.78, 5) is 19.0. The average Bonchev–Trinajstić information content (AvgIpc) is 3.37. The minimum atomic E-state index is -0.0862. The molecule has 3 heterocycles. The molecule has 0 saturated carbocycles. The number of aromatic amines is 1. The number of rotatable bonds is 5. The highest BCUT2D eigenvalue weighted by atomic mass is 16.5. The number of nitrogens with one attached hydrogen (secondary N) is 1. The maximum atomic E-state index is 12.9. The summed E-state index contributed by atoms with van der Waals surface area (Å²) in [6.07, 6.45) is 0.712. The first-order valence-corrected chi connectivity index (χ1v) is 9.22. The van der Waals surface area contributed by atoms with E-state index in [-0.39, 0.29) is 12.0 Å². The normalized spacial score (nSPS) is 16.2. The van der Waals surface area contributed by atoms with Crippen molar-refractivity contribution in [3.63, 3.8) is 0 Å². The van der Waals surface area contributed by atoms with Gasteiger partial charge in [0.1, 0.15) is 17.5 Å². The predicted molar refractivity (Wildman–Crippen MR) is 104 cm³/mol. The Bertz CT molecular complexity index is 985. The van der Waals surface area contributed by atoms with Crippen LogP contribution in [0.5, 0.6) is 11.6 Å². The van der Waals surface area contributed by atoms with Crippen molar-refractivity contribution in [1.82, 2.24) is 20.1 Å². The van der Waals surface area contributed by atoms with E-state index in [0.29, 0.717) is 36.1 Å². The Morgan fingerprint density at radius 2 is 2.07 bits per heavy atom. The number of carbonyl (C=O) groups is 1. The molecule has 7 nitrogen and oxygen atoms in total. The number of methoxy groups -OCH3 is 1. The molecule has 3 aromatic rings. The fourth-order valence-corrected chi connectivity index (χ4v) is 3.36. The van der Waals surface area contributed by atoms with Crippen molar-refractivity contribution >= 4 is 5.91 Å². The van der Waals surface area contributed by atoms with E-state index >= 15 is 0 Å². The van der Waals surface area contributed by atoms with E-state index < -0.39 is 0 Å². The van der Waals surface area contributed by atoms with Crippen LogP contribution in [-0.4, -0.2) is 52.3 Å². The molecule has 1 atom stereocenters. The molecule has 0 spiro atoms. The van der Waals surface area contributed by atoms with Crippen molar-refractivity contribution in [3.8, 4) is 22.9 Å². The van der Waals surface area contributed by atoms with Gasteiger partial charge in [-0.2, -0.15) is 5.10 Å². The summed E-state index contributed by atoms with van der Waals surface area (Å²) in [5.74, 6) is 1.23. The second-order valence-corrected chi connectivity index (χ2v) is 6.76. The highest BCUT2D eigenvalue weighted by molar-refractivity contribution is 5.93. The van der Waals surface area contributed by atoms with Crippen LogP contribution in [0.15, 0.2) is 48.5 Å². The number of benzene rings is 1. The van der Waals surface area contributed by atoms with E-state index in [0.717, 1.165) is 17.7 Å². The van der Waals surface area contributed by atoms with Crippen molar-refractivity contribution in [3.05, 3.63) is 59.9 Å². The lowest BCUT2D eigenvalue weighted by Crippen LogP contribution is -2.31. The second-order valence-electron chi connectivity index (χ2n) is 6.76. The minimum absolute atomic E-state index is 0.0603. The monoisotopic (exact) mass is 378 g/mol. The number of aromatic nitrogens is 3. The molecule has 1 aromatic carbocycles. The van der Waals surface area contributed by atoms with E-state index in [1.165, 1.54) is 0 Å². The standard InChI is InChI=1S/C21H22N4O3/c1-14-6-5-9-20(22-14)28-15-10-11-25(13-15)21(26)18-12-17(23-24-18)16-7-3-4-8-19(16)27-2/h3-9,12,15H,10-11,13H2,1-2H3,(H,23,24). The van der Waals surface area contributed by atoms with Crippen LogP contribution in [0.2, 0.25) is 0 Å². The van der Waals surface area contributed by atoms with Gasteiger partial charge in [-0.05, 0) is 31.2 Å². The molecule has 1 saturated heterocycles. The number of hydrogen-bond acceptors (Lipinski definition) is 5. The van der Waals surface area contributed by atoms with Gasteiger partial charge in [-0.25, -0.2) is 4.98 Å². The Morgan fingerprint density at radius 1 is 1.21 bits per heavy atom. The third-order valence-corrected chi connectivity index (χ3v) is 4.77. The topological polar surface area (TPSA) is 80.3 Å². The molecule has 1 amide bonds. The van der Waals surface area contributed by atoms with Gasteiger partial charge in [0, 0.05) is 30.3 Å². The van der Waals surface area contributed by atoms with Crippen LogP contribution in [0.1, 0.15) is 22.6 Å². The molecule has 0 bridgehead atoms. The molecule has 28 heavy (non-hydrogen) atoms. The number of aryl methyl sites for hydroxylation is 1. The molecular formula is C21H22N4O3. The first kappa shape index (κ1) is 18.0. The molecule has 0 radical (unpaired) electrons. The van der Waals surface area contributed by atoms with Gasteiger partial charge in [-0.15, -0.1) is 0 Å². The van der Waals surface area contributed by atoms with Gasteiger partial charge in [-0.3, -0.25) is 9.89 Å². The smallest absolute Gasteiger partial charge is 0.272 e. The Balaban J connectivity index is 1.43. The molecule has 1 fully saturated rings. The maximum absolute atomic E-state index is 12.9. The Labute approximate surface area is 163 Å². The van der Waals surface area contributed by atoms with Gasteiger partial charge in [0.25, 0.3) is 5.91 Å². The van der Waals surface area contributed by atoms with E-state index in [4.69, 9.17) is 9.47 Å². The molecule has 1 unspecified atom stereocenters. The molecule has 0 aliphatic carbocycles. The van der Waals surface area contributed by atoms with Crippen molar-refractivity contribution < 1.29 is 14.3 Å². The number of pyridine rings is 1. The lowest BCUT2D eigenvalue weighted by molar-refractivity contribution is 0.0765. The Morgan fingerprint density at radius 3 is 2.89 bits per heavy atom. The minimum Gasteiger partial charge on any atom is -0.496 e. The molecule has 1 aliphatic heterocycles. The average molecular weight is 378 g/mol. The van der Waals surface area contributed by atoms with Gasteiger partial charge in [-0.1, -0.05) is 18.2 Å². The third-order valence-electron chi connectivity index (χ3n) is 4.77. The second kappa shape index (κ2) is 7.72. The van der Waals surface area contributed by atoms with E-state index in [1.54, 1.807) is 18.1 Å². The summed E-state index contributed by atoms with van der Waals surface area (Å²) in [6.45, 7) is 3.09. The van der Waals surface area contributed by atoms with Crippen molar-refractivity contribution in [2.45, 2.75) is 19.4 Å². The Kier molecular flexibility index (Phi) is 4.97. The van der Waals surface area contributed by atoms with Crippen LogP contribution in [-0.2, 0) is 0 Å². The SMILES string of the molecule is COc1ccccc1-c1cc(C(=O)N2CCC(Oc3cccc(C)n3)C2)[nH]n1. The number of carbonyl (C=O) groups excluding carboxylic acids is 1. The van der Waals surface area contributed by atoms with Gasteiger partial charge in [0.15, 0.2) is 0 Å². The molecule has 7 heteroatoms. The van der Waals surface area contributed by atoms with Crippen molar-refractivity contribution in [1.29, 1.82) is 0 Å². The summed E-state index contributed by atoms with van der Waals surface area (Å²) < 4.78 is 11.3. The summed E-state index contributed by atoms with van der Waals surface area (Å²) in [7, 11) is 1.62. The molecule has 1 aliphatic rings. The van der Waals surface area contributed by atoms with Crippen LogP contribution in [0.25, 0.3) is 11.3 Å². The molecule has 4 rings (SSSR count). The van der Waals surface area contributed by atoms with E-state index in [2.05, 4.69) is 15.2 Å². The van der Waals surface area contributed by atoms with Crippen LogP contribution in [0, 0.1) is 6.92 Å². The summed E-state index contributed by atoms with van der Waals surface area (Å²) in [5.41, 5.74) is 2.88. The molecule has 144 valence electrons. The number of nitrogens with zero attached hydrogens (tertiary/aromatic N) is 3. The summed E-state index contributed by atoms with van der Waals surface area (Å²) in [6, 6.07) is 15.0. The zero-order valence-corrected chi connectivity index (χ0v) is 15.9. The molecule has 1 N–H and O–H groups in total. The first-order valence-electron chi connectivity index (χ1n) is 9.22. The summed E-state index contributed by atoms with van der Waals surface area (Å²) >= 11 is 0. The van der Waals surface area contributed by atoms with Crippen molar-refractivity contribution in [2.75, 3.05) is 20.2 Å². The van der Waals surface area contributed by atoms with Crippen LogP contribution >= 0.6 is 0 Å². The quantitative estimate of drug-likeness (QED) is 0.738. The van der Waals surface area contributed by atoms with Gasteiger partial charge < -0.3 is 14.4 Å². The van der Waals surface area contributed by atoms with Crippen LogP contribution in [0.3, 0.4) is 0 Å². The highest BCUT2D eigenvalue weighted by Gasteiger charge is 2.29. The van der Waals surface area contributed by atoms with E-state index in [1.807, 2.05) is 49.4 Å². The van der Waals surface area contributed by atoms with Crippen molar-refractivity contribution in [2.24, 2.45) is 0 Å². The van der Waals surface area contributed by atoms with Gasteiger partial charge in [0.2, 0.25) is 5.88 Å². The fraction of sp³-hybridized carbons (Fsp3) is 0.286. The largest absolute Gasteiger partial charge is 0.496 e. The van der Waals surface area contributed by atoms with Gasteiger partial charge in [0.05, 0.1) is 19.3 Å². The highest BCUT2D eigenvalue weighted by Crippen LogP contribution is 2.28. The summed E-state index contributed by atoms with van der Waals surface area (Å²) in [5, 5.41) is 7.14. The number of para-hydroxylation sites is 1. The zero-order valence-electron chi connectivity index (χ0n) is 15.9. The first-order chi connectivity index (χ1) is 13.6. The van der Waals surface area contributed by atoms with Crippen LogP contribution < -0.4 is 9.47 Å². The lowest BCUT2D eigenvalue weighted by atomic mass is 10.1. The fourth-order valence-electron chi connectivity index (χ4n) is 3.36. The third kappa shape index (κ3) is 3.69. The number of ether oxygens (including phenoxy) is 2. The predicted octanol–water partition coefficient (Wildman–Crippen LogP) is 3.08. The van der Waals surface area contributed by atoms with Crippen LogP contribution in [0.4, 0.5) is 0 Å². The molecule has 2 aromatic heterocycles. The Hall–Kier alpha value is -3.35. The number of hydrogen-bond donors (Lipinski definition) is 1.